The summed E-state index contributed by atoms with van der Waals surface area (Å²) in [6.45, 7) is 3.74. The van der Waals surface area contributed by atoms with Crippen molar-refractivity contribution in [1.82, 2.24) is 5.32 Å². The van der Waals surface area contributed by atoms with Gasteiger partial charge in [-0.15, -0.1) is 0 Å². The maximum absolute atomic E-state index is 9.70. The molecule has 0 amide bonds. The van der Waals surface area contributed by atoms with E-state index in [1.807, 2.05) is 0 Å². The molecule has 100 valence electrons. The second kappa shape index (κ2) is 6.19. The van der Waals surface area contributed by atoms with Crippen LogP contribution in [0.4, 0.5) is 0 Å². The maximum Gasteiger partial charge on any atom is 0.0499 e. The van der Waals surface area contributed by atoms with E-state index in [1.54, 1.807) is 0 Å². The van der Waals surface area contributed by atoms with Gasteiger partial charge >= 0.3 is 0 Å². The fraction of sp³-hybridized carbons (Fsp3) is 1.00. The van der Waals surface area contributed by atoms with Crippen molar-refractivity contribution < 1.29 is 5.11 Å². The Morgan fingerprint density at radius 1 is 1.12 bits per heavy atom. The largest absolute Gasteiger partial charge is 0.396 e. The molecule has 2 aliphatic rings. The van der Waals surface area contributed by atoms with Crippen molar-refractivity contribution in [3.05, 3.63) is 0 Å². The minimum atomic E-state index is 0.207. The molecule has 0 aromatic rings. The van der Waals surface area contributed by atoms with Crippen molar-refractivity contribution in [2.75, 3.05) is 13.2 Å². The molecule has 0 aromatic heterocycles. The Morgan fingerprint density at radius 2 is 1.88 bits per heavy atom. The first-order chi connectivity index (χ1) is 8.29. The van der Waals surface area contributed by atoms with Gasteiger partial charge in [-0.05, 0) is 31.6 Å². The van der Waals surface area contributed by atoms with E-state index in [4.69, 9.17) is 0 Å². The Labute approximate surface area is 106 Å². The van der Waals surface area contributed by atoms with E-state index in [9.17, 15) is 5.11 Å². The number of hydrogen-bond acceptors (Lipinski definition) is 2. The summed E-state index contributed by atoms with van der Waals surface area (Å²) in [6, 6.07) is 0.727. The van der Waals surface area contributed by atoms with Crippen LogP contribution in [0, 0.1) is 11.3 Å². The average molecular weight is 239 g/mol. The third-order valence-electron chi connectivity index (χ3n) is 5.17. The molecule has 2 heteroatoms. The molecule has 2 nitrogen and oxygen atoms in total. The highest BCUT2D eigenvalue weighted by atomic mass is 16.3. The molecule has 2 N–H and O–H groups in total. The van der Waals surface area contributed by atoms with E-state index in [0.717, 1.165) is 18.5 Å². The predicted octanol–water partition coefficient (Wildman–Crippen LogP) is 3.10. The fourth-order valence-corrected chi connectivity index (χ4v) is 3.83. The van der Waals surface area contributed by atoms with Crippen LogP contribution < -0.4 is 5.32 Å². The SMILES string of the molecule is CCC1CCCC1NCC1(CO)CCCCC1. The lowest BCUT2D eigenvalue weighted by molar-refractivity contribution is 0.0766. The van der Waals surface area contributed by atoms with Crippen LogP contribution in [0.1, 0.15) is 64.7 Å². The third-order valence-corrected chi connectivity index (χ3v) is 5.17. The normalized spacial score (nSPS) is 32.8. The van der Waals surface area contributed by atoms with Gasteiger partial charge in [-0.2, -0.15) is 0 Å². The number of hydrogen-bond donors (Lipinski definition) is 2. The van der Waals surface area contributed by atoms with Crippen molar-refractivity contribution in [3.8, 4) is 0 Å². The van der Waals surface area contributed by atoms with Crippen molar-refractivity contribution in [2.45, 2.75) is 70.8 Å². The van der Waals surface area contributed by atoms with Crippen LogP contribution in [-0.2, 0) is 0 Å². The fourth-order valence-electron chi connectivity index (χ4n) is 3.83. The Hall–Kier alpha value is -0.0800. The lowest BCUT2D eigenvalue weighted by Crippen LogP contribution is -2.44. The molecular weight excluding hydrogens is 210 g/mol. The monoisotopic (exact) mass is 239 g/mol. The second-order valence-corrected chi connectivity index (χ2v) is 6.31. The average Bonchev–Trinajstić information content (AvgIpc) is 2.85. The summed E-state index contributed by atoms with van der Waals surface area (Å²) < 4.78 is 0. The molecule has 0 aromatic carbocycles. The van der Waals surface area contributed by atoms with E-state index in [1.165, 1.54) is 57.8 Å². The number of rotatable bonds is 5. The van der Waals surface area contributed by atoms with Gasteiger partial charge in [0.05, 0.1) is 0 Å². The Balaban J connectivity index is 1.82. The third kappa shape index (κ3) is 3.23. The van der Waals surface area contributed by atoms with Crippen LogP contribution in [0.2, 0.25) is 0 Å². The molecule has 0 saturated heterocycles. The summed E-state index contributed by atoms with van der Waals surface area (Å²) in [5, 5.41) is 13.5. The molecule has 0 radical (unpaired) electrons. The highest BCUT2D eigenvalue weighted by Crippen LogP contribution is 2.36. The molecule has 0 bridgehead atoms. The van der Waals surface area contributed by atoms with Crippen molar-refractivity contribution in [2.24, 2.45) is 11.3 Å². The Morgan fingerprint density at radius 3 is 2.53 bits per heavy atom. The summed E-state index contributed by atoms with van der Waals surface area (Å²) >= 11 is 0. The van der Waals surface area contributed by atoms with Crippen LogP contribution in [0.25, 0.3) is 0 Å². The summed E-state index contributed by atoms with van der Waals surface area (Å²) in [5.74, 6) is 0.884. The standard InChI is InChI=1S/C15H29NO/c1-2-13-7-6-8-14(13)16-11-15(12-17)9-4-3-5-10-15/h13-14,16-17H,2-12H2,1H3. The lowest BCUT2D eigenvalue weighted by atomic mass is 9.74. The molecule has 2 saturated carbocycles. The molecule has 2 rings (SSSR count). The maximum atomic E-state index is 9.70. The molecule has 0 heterocycles. The van der Waals surface area contributed by atoms with E-state index in [2.05, 4.69) is 12.2 Å². The van der Waals surface area contributed by atoms with Gasteiger partial charge in [0.1, 0.15) is 0 Å². The summed E-state index contributed by atoms with van der Waals surface area (Å²) in [5.41, 5.74) is 0.207. The second-order valence-electron chi connectivity index (χ2n) is 6.31. The first-order valence-corrected chi connectivity index (χ1v) is 7.64. The molecule has 2 fully saturated rings. The van der Waals surface area contributed by atoms with Gasteiger partial charge in [0.2, 0.25) is 0 Å². The lowest BCUT2D eigenvalue weighted by Gasteiger charge is -2.37. The highest BCUT2D eigenvalue weighted by Gasteiger charge is 2.33. The molecule has 0 aliphatic heterocycles. The van der Waals surface area contributed by atoms with Crippen molar-refractivity contribution in [3.63, 3.8) is 0 Å². The minimum absolute atomic E-state index is 0.207. The van der Waals surface area contributed by atoms with Gasteiger partial charge in [-0.3, -0.25) is 0 Å². The van der Waals surface area contributed by atoms with Crippen LogP contribution >= 0.6 is 0 Å². The Kier molecular flexibility index (Phi) is 4.87. The molecule has 17 heavy (non-hydrogen) atoms. The molecule has 2 aliphatic carbocycles. The van der Waals surface area contributed by atoms with Crippen molar-refractivity contribution in [1.29, 1.82) is 0 Å². The van der Waals surface area contributed by atoms with Crippen molar-refractivity contribution >= 4 is 0 Å². The summed E-state index contributed by atoms with van der Waals surface area (Å²) in [4.78, 5) is 0. The highest BCUT2D eigenvalue weighted by molar-refractivity contribution is 4.89. The number of nitrogens with one attached hydrogen (secondary N) is 1. The Bertz CT molecular complexity index is 223. The van der Waals surface area contributed by atoms with Crippen LogP contribution in [0.15, 0.2) is 0 Å². The number of aliphatic hydroxyl groups is 1. The minimum Gasteiger partial charge on any atom is -0.396 e. The van der Waals surface area contributed by atoms with Crippen LogP contribution in [0.3, 0.4) is 0 Å². The zero-order valence-electron chi connectivity index (χ0n) is 11.4. The molecule has 0 spiro atoms. The van der Waals surface area contributed by atoms with Gasteiger partial charge in [0, 0.05) is 24.6 Å². The van der Waals surface area contributed by atoms with E-state index in [-0.39, 0.29) is 5.41 Å². The van der Waals surface area contributed by atoms with Gasteiger partial charge in [0.25, 0.3) is 0 Å². The van der Waals surface area contributed by atoms with Gasteiger partial charge in [-0.1, -0.05) is 39.0 Å². The van der Waals surface area contributed by atoms with E-state index >= 15 is 0 Å². The summed E-state index contributed by atoms with van der Waals surface area (Å²) in [6.07, 6.45) is 11.9. The van der Waals surface area contributed by atoms with Crippen LogP contribution in [0.5, 0.6) is 0 Å². The first-order valence-electron chi connectivity index (χ1n) is 7.64. The van der Waals surface area contributed by atoms with Crippen LogP contribution in [-0.4, -0.2) is 24.3 Å². The van der Waals surface area contributed by atoms with E-state index < -0.39 is 0 Å². The zero-order valence-corrected chi connectivity index (χ0v) is 11.4. The predicted molar refractivity (Wildman–Crippen MR) is 72.0 cm³/mol. The summed E-state index contributed by atoms with van der Waals surface area (Å²) in [7, 11) is 0. The molecule has 2 atom stereocenters. The topological polar surface area (TPSA) is 32.3 Å². The van der Waals surface area contributed by atoms with Gasteiger partial charge in [0.15, 0.2) is 0 Å². The zero-order chi connectivity index (χ0) is 12.1. The van der Waals surface area contributed by atoms with E-state index in [0.29, 0.717) is 6.61 Å². The van der Waals surface area contributed by atoms with Gasteiger partial charge in [-0.25, -0.2) is 0 Å². The smallest absolute Gasteiger partial charge is 0.0499 e. The quantitative estimate of drug-likeness (QED) is 0.772. The van der Waals surface area contributed by atoms with Gasteiger partial charge < -0.3 is 10.4 Å². The first kappa shape index (κ1) is 13.4. The molecular formula is C15H29NO. The molecule has 2 unspecified atom stereocenters. The number of aliphatic hydroxyl groups excluding tert-OH is 1.